The zero-order valence-electron chi connectivity index (χ0n) is 15.0. The van der Waals surface area contributed by atoms with Gasteiger partial charge in [-0.2, -0.15) is 0 Å². The van der Waals surface area contributed by atoms with Crippen molar-refractivity contribution < 1.29 is 4.79 Å². The molecule has 1 fully saturated rings. The fraction of sp³-hybridized carbons (Fsp3) is 0.333. The van der Waals surface area contributed by atoms with E-state index in [4.69, 9.17) is 0 Å². The lowest BCUT2D eigenvalue weighted by Gasteiger charge is -2.22. The summed E-state index contributed by atoms with van der Waals surface area (Å²) in [5.41, 5.74) is 4.37. The maximum absolute atomic E-state index is 12.2. The predicted octanol–water partition coefficient (Wildman–Crippen LogP) is 2.72. The van der Waals surface area contributed by atoms with E-state index in [-0.39, 0.29) is 5.91 Å². The standard InChI is InChI=1S/C21H24N4O/c1-22-21(25-12-11-16-6-2-3-8-19(16)25)23-14-15-5-4-7-17(13-15)20(26)24-18-9-10-18/h2-8,13,18H,9-12,14H2,1H3,(H,22,23)(H,24,26). The molecule has 2 aromatic carbocycles. The highest BCUT2D eigenvalue weighted by Gasteiger charge is 2.24. The molecular formula is C21H24N4O. The summed E-state index contributed by atoms with van der Waals surface area (Å²) < 4.78 is 0. The van der Waals surface area contributed by atoms with Crippen molar-refractivity contribution in [3.05, 3.63) is 65.2 Å². The maximum Gasteiger partial charge on any atom is 0.251 e. The van der Waals surface area contributed by atoms with Crippen molar-refractivity contribution in [3.8, 4) is 0 Å². The average Bonchev–Trinajstić information content (AvgIpc) is 3.39. The number of rotatable bonds is 4. The number of hydrogen-bond acceptors (Lipinski definition) is 2. The summed E-state index contributed by atoms with van der Waals surface area (Å²) in [4.78, 5) is 18.9. The van der Waals surface area contributed by atoms with E-state index in [2.05, 4.69) is 44.8 Å². The number of nitrogens with one attached hydrogen (secondary N) is 2. The lowest BCUT2D eigenvalue weighted by molar-refractivity contribution is 0.0951. The van der Waals surface area contributed by atoms with Crippen LogP contribution in [0.15, 0.2) is 53.5 Å². The zero-order chi connectivity index (χ0) is 17.9. The molecular weight excluding hydrogens is 324 g/mol. The van der Waals surface area contributed by atoms with Crippen LogP contribution in [0.5, 0.6) is 0 Å². The molecule has 26 heavy (non-hydrogen) atoms. The van der Waals surface area contributed by atoms with E-state index in [1.807, 2.05) is 31.3 Å². The molecule has 0 saturated heterocycles. The summed E-state index contributed by atoms with van der Waals surface area (Å²) in [6.45, 7) is 1.57. The Labute approximate surface area is 154 Å². The second kappa shape index (κ2) is 7.20. The molecule has 134 valence electrons. The van der Waals surface area contributed by atoms with Crippen molar-refractivity contribution in [2.24, 2.45) is 4.99 Å². The molecule has 1 aliphatic heterocycles. The number of aliphatic imine (C=N–C) groups is 1. The highest BCUT2D eigenvalue weighted by atomic mass is 16.1. The first-order chi connectivity index (χ1) is 12.7. The maximum atomic E-state index is 12.2. The molecule has 2 aliphatic rings. The first kappa shape index (κ1) is 16.6. The third-order valence-corrected chi connectivity index (χ3v) is 4.91. The SMILES string of the molecule is CN=C(NCc1cccc(C(=O)NC2CC2)c1)N1CCc2ccccc21. The fourth-order valence-corrected chi connectivity index (χ4v) is 3.35. The van der Waals surface area contributed by atoms with Crippen LogP contribution in [0.1, 0.15) is 34.3 Å². The molecule has 2 N–H and O–H groups in total. The number of para-hydroxylation sites is 1. The van der Waals surface area contributed by atoms with E-state index in [0.29, 0.717) is 12.6 Å². The number of benzene rings is 2. The number of carbonyl (C=O) groups is 1. The third kappa shape index (κ3) is 3.57. The van der Waals surface area contributed by atoms with Gasteiger partial charge in [0.15, 0.2) is 5.96 Å². The quantitative estimate of drug-likeness (QED) is 0.660. The van der Waals surface area contributed by atoms with Crippen LogP contribution in [0.2, 0.25) is 0 Å². The molecule has 0 aromatic heterocycles. The molecule has 1 saturated carbocycles. The number of fused-ring (bicyclic) bond motifs is 1. The first-order valence-electron chi connectivity index (χ1n) is 9.20. The van der Waals surface area contributed by atoms with Gasteiger partial charge in [-0.3, -0.25) is 9.79 Å². The van der Waals surface area contributed by atoms with E-state index in [1.54, 1.807) is 0 Å². The van der Waals surface area contributed by atoms with E-state index < -0.39 is 0 Å². The van der Waals surface area contributed by atoms with Crippen molar-refractivity contribution in [2.75, 3.05) is 18.5 Å². The van der Waals surface area contributed by atoms with Gasteiger partial charge >= 0.3 is 0 Å². The topological polar surface area (TPSA) is 56.7 Å². The van der Waals surface area contributed by atoms with Crippen LogP contribution in [0.25, 0.3) is 0 Å². The molecule has 0 bridgehead atoms. The monoisotopic (exact) mass is 348 g/mol. The Morgan fingerprint density at radius 3 is 2.85 bits per heavy atom. The molecule has 4 rings (SSSR count). The van der Waals surface area contributed by atoms with Gasteiger partial charge in [0, 0.05) is 37.4 Å². The Morgan fingerprint density at radius 1 is 1.19 bits per heavy atom. The van der Waals surface area contributed by atoms with Gasteiger partial charge in [0.1, 0.15) is 0 Å². The predicted molar refractivity (Wildman–Crippen MR) is 105 cm³/mol. The molecule has 5 heteroatoms. The van der Waals surface area contributed by atoms with Crippen LogP contribution in [0, 0.1) is 0 Å². The Hall–Kier alpha value is -2.82. The van der Waals surface area contributed by atoms with E-state index in [9.17, 15) is 4.79 Å². The van der Waals surface area contributed by atoms with Gasteiger partial charge in [-0.05, 0) is 48.6 Å². The van der Waals surface area contributed by atoms with Crippen LogP contribution >= 0.6 is 0 Å². The molecule has 0 radical (unpaired) electrons. The minimum absolute atomic E-state index is 0.0206. The summed E-state index contributed by atoms with van der Waals surface area (Å²) >= 11 is 0. The number of hydrogen-bond donors (Lipinski definition) is 2. The van der Waals surface area contributed by atoms with Gasteiger partial charge in [0.05, 0.1) is 0 Å². The van der Waals surface area contributed by atoms with Gasteiger partial charge in [-0.25, -0.2) is 0 Å². The minimum atomic E-state index is 0.0206. The molecule has 0 unspecified atom stereocenters. The lowest BCUT2D eigenvalue weighted by Crippen LogP contribution is -2.40. The van der Waals surface area contributed by atoms with Crippen molar-refractivity contribution in [1.29, 1.82) is 0 Å². The molecule has 5 nitrogen and oxygen atoms in total. The van der Waals surface area contributed by atoms with Gasteiger partial charge < -0.3 is 15.5 Å². The van der Waals surface area contributed by atoms with Gasteiger partial charge in [-0.15, -0.1) is 0 Å². The third-order valence-electron chi connectivity index (χ3n) is 4.91. The van der Waals surface area contributed by atoms with Crippen LogP contribution in [0.4, 0.5) is 5.69 Å². The molecule has 1 amide bonds. The molecule has 0 atom stereocenters. The normalized spacial score (nSPS) is 16.3. The lowest BCUT2D eigenvalue weighted by atomic mass is 10.1. The van der Waals surface area contributed by atoms with Gasteiger partial charge in [0.2, 0.25) is 0 Å². The van der Waals surface area contributed by atoms with Crippen LogP contribution < -0.4 is 15.5 Å². The van der Waals surface area contributed by atoms with Crippen LogP contribution in [0.3, 0.4) is 0 Å². The highest BCUT2D eigenvalue weighted by molar-refractivity contribution is 5.98. The first-order valence-corrected chi connectivity index (χ1v) is 9.20. The number of nitrogens with zero attached hydrogens (tertiary/aromatic N) is 2. The Kier molecular flexibility index (Phi) is 4.61. The number of guanidine groups is 1. The fourth-order valence-electron chi connectivity index (χ4n) is 3.35. The summed E-state index contributed by atoms with van der Waals surface area (Å²) in [6, 6.07) is 16.6. The average molecular weight is 348 g/mol. The van der Waals surface area contributed by atoms with Crippen LogP contribution in [-0.2, 0) is 13.0 Å². The van der Waals surface area contributed by atoms with E-state index in [1.165, 1.54) is 11.3 Å². The van der Waals surface area contributed by atoms with Crippen LogP contribution in [-0.4, -0.2) is 31.5 Å². The van der Waals surface area contributed by atoms with Crippen molar-refractivity contribution >= 4 is 17.6 Å². The molecule has 1 heterocycles. The second-order valence-corrected chi connectivity index (χ2v) is 6.88. The number of amides is 1. The second-order valence-electron chi connectivity index (χ2n) is 6.88. The summed E-state index contributed by atoms with van der Waals surface area (Å²) in [7, 11) is 1.81. The molecule has 1 aliphatic carbocycles. The van der Waals surface area contributed by atoms with Gasteiger partial charge in [0.25, 0.3) is 5.91 Å². The number of carbonyl (C=O) groups excluding carboxylic acids is 1. The largest absolute Gasteiger partial charge is 0.352 e. The Bertz CT molecular complexity index is 841. The number of anilines is 1. The van der Waals surface area contributed by atoms with E-state index in [0.717, 1.165) is 42.9 Å². The molecule has 0 spiro atoms. The van der Waals surface area contributed by atoms with Gasteiger partial charge in [-0.1, -0.05) is 30.3 Å². The Balaban J connectivity index is 1.42. The highest BCUT2D eigenvalue weighted by Crippen LogP contribution is 2.27. The summed E-state index contributed by atoms with van der Waals surface area (Å²) in [5.74, 6) is 0.884. The zero-order valence-corrected chi connectivity index (χ0v) is 15.0. The molecule has 2 aromatic rings. The smallest absolute Gasteiger partial charge is 0.251 e. The summed E-state index contributed by atoms with van der Waals surface area (Å²) in [5, 5.41) is 6.47. The Morgan fingerprint density at radius 2 is 2.04 bits per heavy atom. The van der Waals surface area contributed by atoms with E-state index >= 15 is 0 Å². The summed E-state index contributed by atoms with van der Waals surface area (Å²) in [6.07, 6.45) is 3.23. The van der Waals surface area contributed by atoms with Crippen molar-refractivity contribution in [1.82, 2.24) is 10.6 Å². The van der Waals surface area contributed by atoms with Crippen molar-refractivity contribution in [2.45, 2.75) is 31.8 Å². The minimum Gasteiger partial charge on any atom is -0.352 e. The van der Waals surface area contributed by atoms with Crippen molar-refractivity contribution in [3.63, 3.8) is 0 Å².